The van der Waals surface area contributed by atoms with Crippen LogP contribution in [0.4, 0.5) is 10.9 Å². The Morgan fingerprint density at radius 1 is 1.40 bits per heavy atom. The van der Waals surface area contributed by atoms with Gasteiger partial charge in [-0.05, 0) is 26.7 Å². The molecule has 1 fully saturated rings. The summed E-state index contributed by atoms with van der Waals surface area (Å²) in [5, 5.41) is 4.01. The van der Waals surface area contributed by atoms with Crippen LogP contribution in [0.25, 0.3) is 0 Å². The molecule has 2 aromatic heterocycles. The minimum atomic E-state index is -0.0335. The van der Waals surface area contributed by atoms with E-state index in [4.69, 9.17) is 5.73 Å². The van der Waals surface area contributed by atoms with Crippen molar-refractivity contribution in [3.63, 3.8) is 0 Å². The summed E-state index contributed by atoms with van der Waals surface area (Å²) in [6, 6.07) is 1.88. The summed E-state index contributed by atoms with van der Waals surface area (Å²) < 4.78 is 0. The smallest absolute Gasteiger partial charge is 0.236 e. The van der Waals surface area contributed by atoms with E-state index in [1.54, 1.807) is 11.3 Å². The van der Waals surface area contributed by atoms with Gasteiger partial charge in [-0.2, -0.15) is 0 Å². The van der Waals surface area contributed by atoms with Crippen molar-refractivity contribution in [3.05, 3.63) is 28.7 Å². The summed E-state index contributed by atoms with van der Waals surface area (Å²) in [4.78, 5) is 28.2. The SMILES string of the molecule is Cc1nc(Nc2ncc(C)s2)cc(C2CCCN2C(=O)CN)n1.Cl.Cl. The Morgan fingerprint density at radius 3 is 2.80 bits per heavy atom. The van der Waals surface area contributed by atoms with Gasteiger partial charge in [-0.15, -0.1) is 36.2 Å². The Kier molecular flexibility index (Phi) is 8.01. The Balaban J connectivity index is 0.00000156. The van der Waals surface area contributed by atoms with Crippen molar-refractivity contribution in [3.8, 4) is 0 Å². The normalized spacial score (nSPS) is 16.1. The average molecular weight is 405 g/mol. The maximum atomic E-state index is 12.0. The molecule has 25 heavy (non-hydrogen) atoms. The topological polar surface area (TPSA) is 97.0 Å². The van der Waals surface area contributed by atoms with Crippen molar-refractivity contribution in [2.45, 2.75) is 32.7 Å². The van der Waals surface area contributed by atoms with Crippen LogP contribution in [-0.2, 0) is 4.79 Å². The van der Waals surface area contributed by atoms with E-state index < -0.39 is 0 Å². The number of aryl methyl sites for hydroxylation is 2. The number of nitrogens with zero attached hydrogens (tertiary/aromatic N) is 4. The van der Waals surface area contributed by atoms with E-state index in [0.29, 0.717) is 11.6 Å². The minimum absolute atomic E-state index is 0. The van der Waals surface area contributed by atoms with Crippen molar-refractivity contribution < 1.29 is 4.79 Å². The maximum Gasteiger partial charge on any atom is 0.236 e. The second-order valence-corrected chi connectivity index (χ2v) is 6.81. The lowest BCUT2D eigenvalue weighted by Crippen LogP contribution is -2.35. The van der Waals surface area contributed by atoms with Gasteiger partial charge in [-0.1, -0.05) is 0 Å². The average Bonchev–Trinajstić information content (AvgIpc) is 3.15. The zero-order valence-corrected chi connectivity index (χ0v) is 16.5. The number of nitrogens with two attached hydrogens (primary N) is 1. The molecule has 7 nitrogen and oxygen atoms in total. The molecule has 3 rings (SSSR count). The van der Waals surface area contributed by atoms with Gasteiger partial charge in [-0.25, -0.2) is 15.0 Å². The summed E-state index contributed by atoms with van der Waals surface area (Å²) in [5.41, 5.74) is 6.37. The van der Waals surface area contributed by atoms with E-state index in [2.05, 4.69) is 20.3 Å². The standard InChI is InChI=1S/C15H20N6OS.2ClH/c1-9-8-17-15(23-9)20-13-6-11(18-10(2)19-13)12-4-3-5-21(12)14(22)7-16;;/h6,8,12H,3-5,7,16H2,1-2H3,(H,17,18,19,20);2*1H. The quantitative estimate of drug-likeness (QED) is 0.812. The molecule has 0 radical (unpaired) electrons. The highest BCUT2D eigenvalue weighted by molar-refractivity contribution is 7.15. The summed E-state index contributed by atoms with van der Waals surface area (Å²) in [6.45, 7) is 4.63. The first kappa shape index (κ1) is 21.6. The van der Waals surface area contributed by atoms with Gasteiger partial charge >= 0.3 is 0 Å². The number of anilines is 2. The molecule has 1 amide bonds. The number of amides is 1. The Labute approximate surface area is 163 Å². The third-order valence-electron chi connectivity index (χ3n) is 3.80. The highest BCUT2D eigenvalue weighted by Crippen LogP contribution is 2.32. The second kappa shape index (κ2) is 9.28. The van der Waals surface area contributed by atoms with Crippen LogP contribution < -0.4 is 11.1 Å². The van der Waals surface area contributed by atoms with Gasteiger partial charge in [-0.3, -0.25) is 4.79 Å². The van der Waals surface area contributed by atoms with E-state index in [1.165, 1.54) is 0 Å². The molecule has 1 aliphatic rings. The number of carbonyl (C=O) groups is 1. The molecule has 0 aromatic carbocycles. The lowest BCUT2D eigenvalue weighted by molar-refractivity contribution is -0.130. The van der Waals surface area contributed by atoms with Gasteiger partial charge in [0.1, 0.15) is 11.6 Å². The fraction of sp³-hybridized carbons (Fsp3) is 0.467. The van der Waals surface area contributed by atoms with Crippen molar-refractivity contribution in [2.75, 3.05) is 18.4 Å². The van der Waals surface area contributed by atoms with Gasteiger partial charge in [0, 0.05) is 23.7 Å². The van der Waals surface area contributed by atoms with Gasteiger partial charge in [0.25, 0.3) is 0 Å². The first-order chi connectivity index (χ1) is 11.1. The summed E-state index contributed by atoms with van der Waals surface area (Å²) >= 11 is 1.57. The van der Waals surface area contributed by atoms with Gasteiger partial charge in [0.15, 0.2) is 5.13 Å². The van der Waals surface area contributed by atoms with E-state index in [9.17, 15) is 4.79 Å². The predicted octanol–water partition coefficient (Wildman–Crippen LogP) is 2.76. The number of aromatic nitrogens is 3. The van der Waals surface area contributed by atoms with Gasteiger partial charge < -0.3 is 16.0 Å². The number of halogens is 2. The van der Waals surface area contributed by atoms with E-state index in [-0.39, 0.29) is 43.3 Å². The summed E-state index contributed by atoms with van der Waals surface area (Å²) in [7, 11) is 0. The number of nitrogens with one attached hydrogen (secondary N) is 1. The van der Waals surface area contributed by atoms with Gasteiger partial charge in [0.2, 0.25) is 5.91 Å². The van der Waals surface area contributed by atoms with Crippen LogP contribution in [-0.4, -0.2) is 38.8 Å². The second-order valence-electron chi connectivity index (χ2n) is 5.58. The molecule has 0 bridgehead atoms. The predicted molar refractivity (Wildman–Crippen MR) is 104 cm³/mol. The van der Waals surface area contributed by atoms with Crippen LogP contribution in [0.15, 0.2) is 12.3 Å². The highest BCUT2D eigenvalue weighted by Gasteiger charge is 2.30. The minimum Gasteiger partial charge on any atom is -0.333 e. The molecule has 3 N–H and O–H groups in total. The summed E-state index contributed by atoms with van der Waals surface area (Å²) in [5.74, 6) is 1.34. The summed E-state index contributed by atoms with van der Waals surface area (Å²) in [6.07, 6.45) is 3.69. The van der Waals surface area contributed by atoms with Crippen LogP contribution in [0.2, 0.25) is 0 Å². The molecular weight excluding hydrogens is 383 g/mol. The number of carbonyl (C=O) groups excluding carboxylic acids is 1. The van der Waals surface area contributed by atoms with Crippen molar-refractivity contribution >= 4 is 53.0 Å². The Bertz CT molecular complexity index is 726. The highest BCUT2D eigenvalue weighted by atomic mass is 35.5. The third-order valence-corrected chi connectivity index (χ3v) is 4.63. The van der Waals surface area contributed by atoms with Crippen LogP contribution in [0.3, 0.4) is 0 Å². The molecule has 0 aliphatic carbocycles. The van der Waals surface area contributed by atoms with Crippen molar-refractivity contribution in [2.24, 2.45) is 5.73 Å². The van der Waals surface area contributed by atoms with E-state index in [1.807, 2.05) is 31.0 Å². The molecule has 3 heterocycles. The maximum absolute atomic E-state index is 12.0. The fourth-order valence-corrected chi connectivity index (χ4v) is 3.51. The van der Waals surface area contributed by atoms with E-state index in [0.717, 1.165) is 35.1 Å². The third kappa shape index (κ3) is 5.01. The lowest BCUT2D eigenvalue weighted by Gasteiger charge is -2.24. The monoisotopic (exact) mass is 404 g/mol. The molecule has 0 saturated carbocycles. The van der Waals surface area contributed by atoms with Crippen LogP contribution in [0.1, 0.15) is 35.3 Å². The number of rotatable bonds is 4. The molecule has 1 saturated heterocycles. The zero-order chi connectivity index (χ0) is 16.4. The molecule has 1 aliphatic heterocycles. The fourth-order valence-electron chi connectivity index (χ4n) is 2.84. The molecule has 1 unspecified atom stereocenters. The molecule has 10 heteroatoms. The molecule has 138 valence electrons. The van der Waals surface area contributed by atoms with Crippen molar-refractivity contribution in [1.29, 1.82) is 0 Å². The molecule has 1 atom stereocenters. The van der Waals surface area contributed by atoms with Crippen LogP contribution >= 0.6 is 36.2 Å². The number of hydrogen-bond acceptors (Lipinski definition) is 7. The van der Waals surface area contributed by atoms with Crippen LogP contribution in [0.5, 0.6) is 0 Å². The van der Waals surface area contributed by atoms with E-state index >= 15 is 0 Å². The first-order valence-corrected chi connectivity index (χ1v) is 8.43. The van der Waals surface area contributed by atoms with Crippen molar-refractivity contribution in [1.82, 2.24) is 19.9 Å². The number of thiazole rings is 1. The number of likely N-dealkylation sites (tertiary alicyclic amines) is 1. The van der Waals surface area contributed by atoms with Gasteiger partial charge in [0.05, 0.1) is 18.3 Å². The Hall–Kier alpha value is -1.48. The zero-order valence-electron chi connectivity index (χ0n) is 14.1. The van der Waals surface area contributed by atoms with Crippen LogP contribution in [0, 0.1) is 13.8 Å². The molecule has 0 spiro atoms. The number of hydrogen-bond donors (Lipinski definition) is 2. The first-order valence-electron chi connectivity index (χ1n) is 7.61. The molecular formula is C15H22Cl2N6OS. The lowest BCUT2D eigenvalue weighted by atomic mass is 10.1. The Morgan fingerprint density at radius 2 is 2.16 bits per heavy atom. The largest absolute Gasteiger partial charge is 0.333 e. The molecule has 2 aromatic rings.